The van der Waals surface area contributed by atoms with Crippen LogP contribution in [0.5, 0.6) is 0 Å². The number of aromatic nitrogens is 1. The second-order valence-corrected chi connectivity index (χ2v) is 7.69. The fourth-order valence-electron chi connectivity index (χ4n) is 3.86. The molecular formula is C25H21N3O4. The molecule has 1 amide bonds. The Morgan fingerprint density at radius 2 is 1.78 bits per heavy atom. The van der Waals surface area contributed by atoms with Crippen LogP contribution in [0.3, 0.4) is 0 Å². The van der Waals surface area contributed by atoms with E-state index in [1.54, 1.807) is 11.0 Å². The lowest BCUT2D eigenvalue weighted by Crippen LogP contribution is -2.31. The number of aromatic amines is 1. The SMILES string of the molecule is Cc1ccc(N(Cc2cc(=O)[nH]c3ccccc23)C(=O)c2cccc([N+](=O)[O-])c2)c(C)c1. The molecule has 32 heavy (non-hydrogen) atoms. The molecule has 0 spiro atoms. The zero-order chi connectivity index (χ0) is 22.8. The summed E-state index contributed by atoms with van der Waals surface area (Å²) in [7, 11) is 0. The van der Waals surface area contributed by atoms with Crippen molar-refractivity contribution in [1.82, 2.24) is 4.98 Å². The highest BCUT2D eigenvalue weighted by molar-refractivity contribution is 6.07. The Hall–Kier alpha value is -4.26. The molecule has 1 N–H and O–H groups in total. The minimum Gasteiger partial charge on any atom is -0.322 e. The highest BCUT2D eigenvalue weighted by Crippen LogP contribution is 2.27. The molecule has 1 aromatic heterocycles. The van der Waals surface area contributed by atoms with Crippen LogP contribution >= 0.6 is 0 Å². The number of carbonyl (C=O) groups is 1. The van der Waals surface area contributed by atoms with Crippen molar-refractivity contribution in [1.29, 1.82) is 0 Å². The first-order chi connectivity index (χ1) is 15.3. The number of pyridine rings is 1. The van der Waals surface area contributed by atoms with Gasteiger partial charge in [-0.1, -0.05) is 42.0 Å². The van der Waals surface area contributed by atoms with Crippen LogP contribution in [0.15, 0.2) is 77.6 Å². The summed E-state index contributed by atoms with van der Waals surface area (Å²) in [6, 6.07) is 20.3. The van der Waals surface area contributed by atoms with Crippen LogP contribution in [0.4, 0.5) is 11.4 Å². The van der Waals surface area contributed by atoms with Gasteiger partial charge in [0.05, 0.1) is 11.5 Å². The largest absolute Gasteiger partial charge is 0.322 e. The van der Waals surface area contributed by atoms with Crippen LogP contribution < -0.4 is 10.5 Å². The molecule has 160 valence electrons. The Balaban J connectivity index is 1.86. The summed E-state index contributed by atoms with van der Waals surface area (Å²) in [6.45, 7) is 4.01. The Kier molecular flexibility index (Phi) is 5.55. The molecule has 4 rings (SSSR count). The van der Waals surface area contributed by atoms with E-state index in [4.69, 9.17) is 0 Å². The maximum atomic E-state index is 13.6. The number of fused-ring (bicyclic) bond motifs is 1. The molecule has 0 saturated heterocycles. The van der Waals surface area contributed by atoms with E-state index >= 15 is 0 Å². The smallest absolute Gasteiger partial charge is 0.270 e. The molecule has 1 heterocycles. The topological polar surface area (TPSA) is 96.3 Å². The van der Waals surface area contributed by atoms with Gasteiger partial charge in [0.1, 0.15) is 0 Å². The van der Waals surface area contributed by atoms with E-state index in [0.717, 1.165) is 16.5 Å². The van der Waals surface area contributed by atoms with Crippen molar-refractivity contribution in [2.75, 3.05) is 4.90 Å². The van der Waals surface area contributed by atoms with Crippen molar-refractivity contribution in [2.45, 2.75) is 20.4 Å². The first kappa shape index (κ1) is 21.0. The number of hydrogen-bond acceptors (Lipinski definition) is 4. The predicted octanol–water partition coefficient (Wildman–Crippen LogP) is 4.90. The lowest BCUT2D eigenvalue weighted by atomic mass is 10.0. The first-order valence-corrected chi connectivity index (χ1v) is 10.1. The third kappa shape index (κ3) is 4.13. The monoisotopic (exact) mass is 427 g/mol. The second-order valence-electron chi connectivity index (χ2n) is 7.69. The number of anilines is 1. The molecule has 0 unspecified atom stereocenters. The predicted molar refractivity (Wildman–Crippen MR) is 124 cm³/mol. The van der Waals surface area contributed by atoms with Gasteiger partial charge in [0.15, 0.2) is 0 Å². The number of amides is 1. The highest BCUT2D eigenvalue weighted by Gasteiger charge is 2.22. The minimum absolute atomic E-state index is 0.135. The Bertz CT molecular complexity index is 1410. The Labute approximate surface area is 184 Å². The Morgan fingerprint density at radius 3 is 2.53 bits per heavy atom. The number of nitrogens with zero attached hydrogens (tertiary/aromatic N) is 2. The summed E-state index contributed by atoms with van der Waals surface area (Å²) in [5, 5.41) is 12.1. The van der Waals surface area contributed by atoms with Gasteiger partial charge >= 0.3 is 0 Å². The molecule has 4 aromatic rings. The lowest BCUT2D eigenvalue weighted by Gasteiger charge is -2.25. The number of para-hydroxylation sites is 1. The zero-order valence-electron chi connectivity index (χ0n) is 17.7. The van der Waals surface area contributed by atoms with Gasteiger partial charge in [-0.05, 0) is 43.2 Å². The molecule has 0 aliphatic heterocycles. The number of nitro benzene ring substituents is 1. The van der Waals surface area contributed by atoms with E-state index in [1.165, 1.54) is 24.3 Å². The van der Waals surface area contributed by atoms with Gasteiger partial charge in [0.2, 0.25) is 5.56 Å². The van der Waals surface area contributed by atoms with Crippen LogP contribution in [0.25, 0.3) is 10.9 Å². The van der Waals surface area contributed by atoms with Crippen molar-refractivity contribution >= 4 is 28.2 Å². The fraction of sp³-hybridized carbons (Fsp3) is 0.120. The number of aryl methyl sites for hydroxylation is 2. The molecule has 0 aliphatic rings. The summed E-state index contributed by atoms with van der Waals surface area (Å²) >= 11 is 0. The van der Waals surface area contributed by atoms with E-state index in [1.807, 2.05) is 56.3 Å². The number of H-pyrrole nitrogens is 1. The highest BCUT2D eigenvalue weighted by atomic mass is 16.6. The molecule has 0 fully saturated rings. The van der Waals surface area contributed by atoms with Crippen molar-refractivity contribution < 1.29 is 9.72 Å². The van der Waals surface area contributed by atoms with Crippen LogP contribution in [-0.4, -0.2) is 15.8 Å². The Morgan fingerprint density at radius 1 is 1.00 bits per heavy atom. The van der Waals surface area contributed by atoms with Crippen LogP contribution in [0.1, 0.15) is 27.0 Å². The van der Waals surface area contributed by atoms with E-state index in [0.29, 0.717) is 16.8 Å². The van der Waals surface area contributed by atoms with Crippen molar-refractivity contribution in [3.63, 3.8) is 0 Å². The van der Waals surface area contributed by atoms with E-state index in [2.05, 4.69) is 4.98 Å². The quantitative estimate of drug-likeness (QED) is 0.362. The molecule has 0 saturated carbocycles. The standard InChI is InChI=1S/C25H21N3O4/c1-16-10-11-23(17(2)12-16)27(25(30)18-6-5-7-20(13-18)28(31)32)15-19-14-24(29)26-22-9-4-3-8-21(19)22/h3-14H,15H2,1-2H3,(H,26,29). The van der Waals surface area contributed by atoms with Gasteiger partial charge in [-0.3, -0.25) is 19.7 Å². The van der Waals surface area contributed by atoms with Crippen molar-refractivity contribution in [2.24, 2.45) is 0 Å². The third-order valence-electron chi connectivity index (χ3n) is 5.36. The first-order valence-electron chi connectivity index (χ1n) is 10.1. The number of benzene rings is 3. The summed E-state index contributed by atoms with van der Waals surface area (Å²) in [5.74, 6) is -0.384. The summed E-state index contributed by atoms with van der Waals surface area (Å²) < 4.78 is 0. The van der Waals surface area contributed by atoms with Gasteiger partial charge in [0.25, 0.3) is 11.6 Å². The van der Waals surface area contributed by atoms with Gasteiger partial charge < -0.3 is 9.88 Å². The van der Waals surface area contributed by atoms with Gasteiger partial charge in [-0.25, -0.2) is 0 Å². The van der Waals surface area contributed by atoms with Crippen LogP contribution in [0, 0.1) is 24.0 Å². The van der Waals surface area contributed by atoms with E-state index in [-0.39, 0.29) is 29.3 Å². The number of rotatable bonds is 5. The molecule has 0 atom stereocenters. The summed E-state index contributed by atoms with van der Waals surface area (Å²) in [6.07, 6.45) is 0. The molecule has 7 heteroatoms. The molecule has 0 aliphatic carbocycles. The van der Waals surface area contributed by atoms with Crippen LogP contribution in [0.2, 0.25) is 0 Å². The number of nitro groups is 1. The van der Waals surface area contributed by atoms with Crippen molar-refractivity contribution in [3.8, 4) is 0 Å². The van der Waals surface area contributed by atoms with E-state index in [9.17, 15) is 19.7 Å². The maximum absolute atomic E-state index is 13.6. The van der Waals surface area contributed by atoms with Gasteiger partial charge in [0, 0.05) is 40.4 Å². The normalized spacial score (nSPS) is 10.8. The molecule has 3 aromatic carbocycles. The summed E-state index contributed by atoms with van der Waals surface area (Å²) in [5.41, 5.74) is 3.76. The average molecular weight is 427 g/mol. The van der Waals surface area contributed by atoms with Crippen molar-refractivity contribution in [3.05, 3.63) is 116 Å². The third-order valence-corrected chi connectivity index (χ3v) is 5.36. The molecular weight excluding hydrogens is 406 g/mol. The van der Waals surface area contributed by atoms with Gasteiger partial charge in [-0.2, -0.15) is 0 Å². The minimum atomic E-state index is -0.525. The lowest BCUT2D eigenvalue weighted by molar-refractivity contribution is -0.384. The fourth-order valence-corrected chi connectivity index (χ4v) is 3.86. The second kappa shape index (κ2) is 8.47. The number of non-ortho nitro benzene ring substituents is 1. The van der Waals surface area contributed by atoms with Crippen LogP contribution in [-0.2, 0) is 6.54 Å². The molecule has 0 radical (unpaired) electrons. The number of hydrogen-bond donors (Lipinski definition) is 1. The van der Waals surface area contributed by atoms with Gasteiger partial charge in [-0.15, -0.1) is 0 Å². The number of carbonyl (C=O) groups excluding carboxylic acids is 1. The maximum Gasteiger partial charge on any atom is 0.270 e. The molecule has 0 bridgehead atoms. The summed E-state index contributed by atoms with van der Waals surface area (Å²) in [4.78, 5) is 40.9. The van der Waals surface area contributed by atoms with E-state index < -0.39 is 4.92 Å². The zero-order valence-corrected chi connectivity index (χ0v) is 17.7. The number of nitrogens with one attached hydrogen (secondary N) is 1. The average Bonchev–Trinajstić information content (AvgIpc) is 2.77. The molecule has 7 nitrogen and oxygen atoms in total.